The van der Waals surface area contributed by atoms with E-state index in [0.29, 0.717) is 0 Å². The van der Waals surface area contributed by atoms with Crippen molar-refractivity contribution in [3.05, 3.63) is 0 Å². The van der Waals surface area contributed by atoms with Crippen LogP contribution in [0.4, 0.5) is 0 Å². The molecule has 4 heteroatoms. The van der Waals surface area contributed by atoms with Crippen molar-refractivity contribution in [1.29, 1.82) is 0 Å². The van der Waals surface area contributed by atoms with Crippen molar-refractivity contribution >= 4 is 29.5 Å². The molecule has 50 valence electrons. The first kappa shape index (κ1) is 16.7. The van der Waals surface area contributed by atoms with Crippen molar-refractivity contribution in [2.75, 3.05) is 13.1 Å². The molecular formula is C5H12NNaS2. The third-order valence-corrected chi connectivity index (χ3v) is 0.500. The first-order valence-corrected chi connectivity index (χ1v) is 3.54. The van der Waals surface area contributed by atoms with Crippen molar-refractivity contribution in [3.63, 3.8) is 0 Å². The molecule has 0 heterocycles. The number of hydrogen-bond donors (Lipinski definition) is 1. The van der Waals surface area contributed by atoms with E-state index < -0.39 is 0 Å². The molecule has 0 radical (unpaired) electrons. The Balaban J connectivity index is -0.0000000800. The normalized spacial score (nSPS) is 6.00. The van der Waals surface area contributed by atoms with Crippen molar-refractivity contribution in [3.8, 4) is 0 Å². The van der Waals surface area contributed by atoms with Crippen LogP contribution in [0.15, 0.2) is 0 Å². The molecule has 1 N–H and O–H groups in total. The Hall–Kier alpha value is 1.27. The van der Waals surface area contributed by atoms with Crippen molar-refractivity contribution in [2.45, 2.75) is 13.8 Å². The zero-order valence-electron chi connectivity index (χ0n) is 6.31. The number of hydrogen-bond acceptors (Lipinski definition) is 3. The Morgan fingerprint density at radius 2 is 1.67 bits per heavy atom. The Morgan fingerprint density at radius 1 is 1.44 bits per heavy atom. The van der Waals surface area contributed by atoms with Crippen molar-refractivity contribution in [2.24, 2.45) is 0 Å². The van der Waals surface area contributed by atoms with Crippen molar-refractivity contribution < 1.29 is 29.6 Å². The van der Waals surface area contributed by atoms with Gasteiger partial charge in [0.2, 0.25) is 0 Å². The van der Waals surface area contributed by atoms with E-state index in [0.717, 1.165) is 13.1 Å². The van der Waals surface area contributed by atoms with Gasteiger partial charge >= 0.3 is 29.6 Å². The summed E-state index contributed by atoms with van der Waals surface area (Å²) in [4.78, 5) is 0. The van der Waals surface area contributed by atoms with Gasteiger partial charge in [-0.25, -0.2) is 0 Å². The molecule has 0 rings (SSSR count). The predicted molar refractivity (Wildman–Crippen MR) is 45.2 cm³/mol. The summed E-state index contributed by atoms with van der Waals surface area (Å²) >= 11 is 8.17. The minimum absolute atomic E-state index is 0. The predicted octanol–water partition coefficient (Wildman–Crippen LogP) is -1.89. The fourth-order valence-corrected chi connectivity index (χ4v) is 0.250. The Kier molecular flexibility index (Phi) is 42.4. The third-order valence-electron chi connectivity index (χ3n) is 0.500. The van der Waals surface area contributed by atoms with Gasteiger partial charge in [0.1, 0.15) is 0 Å². The summed E-state index contributed by atoms with van der Waals surface area (Å²) in [5, 5.41) is 3.11. The van der Waals surface area contributed by atoms with Crippen LogP contribution in [0, 0.1) is 0 Å². The van der Waals surface area contributed by atoms with Gasteiger partial charge in [-0.2, -0.15) is 4.70 Å². The van der Waals surface area contributed by atoms with Gasteiger partial charge < -0.3 is 30.2 Å². The summed E-state index contributed by atoms with van der Waals surface area (Å²) < 4.78 is 1.17. The van der Waals surface area contributed by atoms with E-state index in [1.807, 2.05) is 0 Å². The second-order valence-electron chi connectivity index (χ2n) is 1.05. The zero-order chi connectivity index (χ0) is 6.83. The molecule has 0 unspecified atom stereocenters. The summed E-state index contributed by atoms with van der Waals surface area (Å²) in [7, 11) is 0. The molecule has 1 nitrogen and oxygen atoms in total. The maximum atomic E-state index is 4.08. The molecule has 0 bridgehead atoms. The average Bonchev–Trinajstić information content (AvgIpc) is 1.71. The zero-order valence-corrected chi connectivity index (χ0v) is 9.94. The average molecular weight is 173 g/mol. The molecule has 0 amide bonds. The maximum Gasteiger partial charge on any atom is 1.00 e. The fraction of sp³-hybridized carbons (Fsp3) is 0.800. The van der Waals surface area contributed by atoms with Gasteiger partial charge in [-0.15, -0.1) is 0 Å². The molecule has 0 saturated carbocycles. The van der Waals surface area contributed by atoms with E-state index in [1.165, 1.54) is 4.70 Å². The van der Waals surface area contributed by atoms with Gasteiger partial charge in [0, 0.05) is 0 Å². The number of nitrogens with one attached hydrogen (secondary N) is 1. The standard InChI is InChI=1S/C4H11N.CH2S2.Na/c1-3-5-4-2;2-1-3;/h5H,3-4H2,1-2H3;1H,(H,2,3);/q;;+1/p-1. The molecule has 0 fully saturated rings. The van der Waals surface area contributed by atoms with E-state index in [9.17, 15) is 0 Å². The third kappa shape index (κ3) is 45.8. The summed E-state index contributed by atoms with van der Waals surface area (Å²) in [6, 6.07) is 0. The Bertz CT molecular complexity index is 41.9. The molecule has 0 aliphatic carbocycles. The molecule has 0 atom stereocenters. The van der Waals surface area contributed by atoms with Gasteiger partial charge in [0.05, 0.1) is 0 Å². The fourth-order valence-electron chi connectivity index (χ4n) is 0.250. The molecule has 0 aliphatic rings. The van der Waals surface area contributed by atoms with E-state index in [2.05, 4.69) is 44.0 Å². The monoisotopic (exact) mass is 173 g/mol. The molecule has 0 aromatic rings. The van der Waals surface area contributed by atoms with E-state index >= 15 is 0 Å². The molecule has 0 aromatic heterocycles. The second-order valence-corrected chi connectivity index (χ2v) is 1.82. The van der Waals surface area contributed by atoms with E-state index in [4.69, 9.17) is 0 Å². The van der Waals surface area contributed by atoms with Gasteiger partial charge in [0.15, 0.2) is 0 Å². The van der Waals surface area contributed by atoms with E-state index in [1.54, 1.807) is 0 Å². The van der Waals surface area contributed by atoms with Gasteiger partial charge in [0.25, 0.3) is 0 Å². The second kappa shape index (κ2) is 22.8. The van der Waals surface area contributed by atoms with Crippen LogP contribution in [-0.4, -0.2) is 17.8 Å². The summed E-state index contributed by atoms with van der Waals surface area (Å²) in [5.74, 6) is 0. The first-order chi connectivity index (χ1) is 3.83. The largest absolute Gasteiger partial charge is 1.00 e. The van der Waals surface area contributed by atoms with Crippen LogP contribution in [0.2, 0.25) is 0 Å². The van der Waals surface area contributed by atoms with Gasteiger partial charge in [-0.1, -0.05) is 13.8 Å². The van der Waals surface area contributed by atoms with E-state index in [-0.39, 0.29) is 29.6 Å². The van der Waals surface area contributed by atoms with Crippen LogP contribution in [0.3, 0.4) is 0 Å². The van der Waals surface area contributed by atoms with Crippen LogP contribution in [0.5, 0.6) is 0 Å². The Labute approximate surface area is 90.7 Å². The van der Waals surface area contributed by atoms with Crippen LogP contribution >= 0.6 is 12.2 Å². The molecule has 0 aromatic carbocycles. The summed E-state index contributed by atoms with van der Waals surface area (Å²) in [6.45, 7) is 6.39. The van der Waals surface area contributed by atoms with Gasteiger partial charge in [-0.05, 0) is 13.1 Å². The quantitative estimate of drug-likeness (QED) is 0.298. The minimum Gasteiger partial charge on any atom is -0.436 e. The summed E-state index contributed by atoms with van der Waals surface area (Å²) in [5.41, 5.74) is 0. The smallest absolute Gasteiger partial charge is 0.436 e. The first-order valence-electron chi connectivity index (χ1n) is 2.59. The molecular weight excluding hydrogens is 161 g/mol. The van der Waals surface area contributed by atoms with Crippen LogP contribution in [-0.2, 0) is 12.6 Å². The van der Waals surface area contributed by atoms with Crippen molar-refractivity contribution in [1.82, 2.24) is 5.32 Å². The minimum atomic E-state index is 0. The maximum absolute atomic E-state index is 4.08. The molecule has 9 heavy (non-hydrogen) atoms. The number of rotatable bonds is 2. The summed E-state index contributed by atoms with van der Waals surface area (Å²) in [6.07, 6.45) is 0. The van der Waals surface area contributed by atoms with Gasteiger partial charge in [-0.3, -0.25) is 0 Å². The molecule has 0 aliphatic heterocycles. The van der Waals surface area contributed by atoms with Crippen LogP contribution in [0.1, 0.15) is 13.8 Å². The topological polar surface area (TPSA) is 12.0 Å². The Morgan fingerprint density at radius 3 is 1.67 bits per heavy atom. The SMILES string of the molecule is CCNCC.S=C[S-].[Na+]. The number of thiocarbonyl (C=S) groups is 1. The van der Waals surface area contributed by atoms with Crippen LogP contribution in [0.25, 0.3) is 0 Å². The van der Waals surface area contributed by atoms with Crippen LogP contribution < -0.4 is 34.9 Å². The molecule has 0 saturated heterocycles. The molecule has 0 spiro atoms.